The third-order valence-electron chi connectivity index (χ3n) is 7.47. The minimum absolute atomic E-state index is 0.0195. The van der Waals surface area contributed by atoms with Crippen molar-refractivity contribution in [3.8, 4) is 17.2 Å². The Bertz CT molecular complexity index is 1920. The van der Waals surface area contributed by atoms with E-state index in [0.29, 0.717) is 50.3 Å². The lowest BCUT2D eigenvalue weighted by molar-refractivity contribution is -0.121. The molecule has 50 heavy (non-hydrogen) atoms. The zero-order valence-electron chi connectivity index (χ0n) is 27.6. The number of carbonyl (C=O) groups excluding carboxylic acids is 5. The fourth-order valence-corrected chi connectivity index (χ4v) is 6.19. The van der Waals surface area contributed by atoms with Gasteiger partial charge >= 0.3 is 0 Å². The van der Waals surface area contributed by atoms with Gasteiger partial charge in [-0.15, -0.1) is 11.8 Å². The maximum Gasteiger partial charge on any atom is 0.272 e. The molecule has 1 aliphatic rings. The molecule has 0 aromatic heterocycles. The van der Waals surface area contributed by atoms with Gasteiger partial charge in [0.05, 0.1) is 32.3 Å². The highest BCUT2D eigenvalue weighted by atomic mass is 32.2. The number of carbonyl (C=O) groups is 5. The molecule has 0 saturated carbocycles. The van der Waals surface area contributed by atoms with E-state index in [9.17, 15) is 24.0 Å². The van der Waals surface area contributed by atoms with Gasteiger partial charge in [0.15, 0.2) is 11.5 Å². The molecule has 12 nitrogen and oxygen atoms in total. The highest BCUT2D eigenvalue weighted by Gasteiger charge is 2.40. The molecule has 4 aromatic rings. The van der Waals surface area contributed by atoms with Gasteiger partial charge in [0.25, 0.3) is 11.8 Å². The number of imide groups is 1. The second kappa shape index (κ2) is 15.9. The van der Waals surface area contributed by atoms with Crippen LogP contribution in [0.5, 0.6) is 17.2 Å². The summed E-state index contributed by atoms with van der Waals surface area (Å²) in [5.41, 5.74) is 2.22. The monoisotopic (exact) mass is 694 g/mol. The van der Waals surface area contributed by atoms with Crippen LogP contribution in [0.15, 0.2) is 102 Å². The van der Waals surface area contributed by atoms with E-state index in [0.717, 1.165) is 4.90 Å². The molecule has 0 aliphatic carbocycles. The summed E-state index contributed by atoms with van der Waals surface area (Å²) in [7, 11) is 4.43. The van der Waals surface area contributed by atoms with Gasteiger partial charge in [-0.05, 0) is 84.4 Å². The first kappa shape index (κ1) is 35.2. The predicted octanol–water partition coefficient (Wildman–Crippen LogP) is 5.50. The van der Waals surface area contributed by atoms with Gasteiger partial charge in [-0.25, -0.2) is 4.90 Å². The minimum atomic E-state index is -0.640. The first-order valence-corrected chi connectivity index (χ1v) is 16.2. The number of benzene rings is 4. The van der Waals surface area contributed by atoms with E-state index in [2.05, 4.69) is 16.0 Å². The van der Waals surface area contributed by atoms with Gasteiger partial charge in [-0.3, -0.25) is 24.0 Å². The Morgan fingerprint density at radius 3 is 1.98 bits per heavy atom. The van der Waals surface area contributed by atoms with Crippen LogP contribution >= 0.6 is 11.8 Å². The number of rotatable bonds is 12. The second-order valence-corrected chi connectivity index (χ2v) is 12.2. The SMILES string of the molecule is COc1cc(/C=C(\NC(=O)c2ccccc2)C(=O)Nc2ccc(SC3CC(=O)N(c4ccc(NC(C)=O)cc4)C3=O)cc2)cc(OC)c1OC. The summed E-state index contributed by atoms with van der Waals surface area (Å²) in [6.45, 7) is 1.39. The predicted molar refractivity (Wildman–Crippen MR) is 191 cm³/mol. The van der Waals surface area contributed by atoms with Crippen molar-refractivity contribution in [1.82, 2.24) is 5.32 Å². The maximum absolute atomic E-state index is 13.6. The standard InChI is InChI=1S/C37H34N4O8S/c1-22(42)38-25-10-14-27(15-11-25)41-33(43)21-32(37(41)46)50-28-16-12-26(13-17-28)39-36(45)29(40-35(44)24-8-6-5-7-9-24)18-23-19-30(47-2)34(49-4)31(20-23)48-3/h5-20,32H,21H2,1-4H3,(H,38,42)(H,39,45)(H,40,44)/b29-18-. The first-order chi connectivity index (χ1) is 24.1. The molecule has 3 N–H and O–H groups in total. The summed E-state index contributed by atoms with van der Waals surface area (Å²) in [6, 6.07) is 25.0. The number of hydrogen-bond donors (Lipinski definition) is 3. The van der Waals surface area contributed by atoms with Gasteiger partial charge in [-0.1, -0.05) is 18.2 Å². The molecule has 1 atom stereocenters. The van der Waals surface area contributed by atoms with Crippen molar-refractivity contribution in [2.75, 3.05) is 36.9 Å². The first-order valence-electron chi connectivity index (χ1n) is 15.3. The van der Waals surface area contributed by atoms with Crippen molar-refractivity contribution in [1.29, 1.82) is 0 Å². The molecular formula is C37H34N4O8S. The van der Waals surface area contributed by atoms with Crippen LogP contribution in [0.2, 0.25) is 0 Å². The number of ether oxygens (including phenoxy) is 3. The molecule has 0 spiro atoms. The number of thioether (sulfide) groups is 1. The number of anilines is 3. The Kier molecular flexibility index (Phi) is 11.2. The smallest absolute Gasteiger partial charge is 0.272 e. The number of methoxy groups -OCH3 is 3. The molecule has 5 rings (SSSR count). The molecule has 4 aromatic carbocycles. The van der Waals surface area contributed by atoms with E-state index in [4.69, 9.17) is 14.2 Å². The average molecular weight is 695 g/mol. The van der Waals surface area contributed by atoms with Gasteiger partial charge in [-0.2, -0.15) is 0 Å². The van der Waals surface area contributed by atoms with Crippen LogP contribution in [-0.2, 0) is 19.2 Å². The zero-order valence-corrected chi connectivity index (χ0v) is 28.5. The largest absolute Gasteiger partial charge is 0.493 e. The molecule has 1 saturated heterocycles. The Labute approximate surface area is 292 Å². The molecule has 5 amide bonds. The fraction of sp³-hybridized carbons (Fsp3) is 0.162. The highest BCUT2D eigenvalue weighted by Crippen LogP contribution is 2.39. The number of amides is 5. The van der Waals surface area contributed by atoms with Gasteiger partial charge in [0.2, 0.25) is 23.5 Å². The summed E-state index contributed by atoms with van der Waals surface area (Å²) < 4.78 is 16.3. The molecule has 0 radical (unpaired) electrons. The third kappa shape index (κ3) is 8.31. The maximum atomic E-state index is 13.6. The summed E-state index contributed by atoms with van der Waals surface area (Å²) in [5, 5.41) is 7.52. The van der Waals surface area contributed by atoms with Crippen molar-refractivity contribution < 1.29 is 38.2 Å². The molecule has 0 bridgehead atoms. The lowest BCUT2D eigenvalue weighted by Crippen LogP contribution is -2.31. The van der Waals surface area contributed by atoms with E-state index in [1.165, 1.54) is 46.1 Å². The van der Waals surface area contributed by atoms with Crippen LogP contribution in [0, 0.1) is 0 Å². The van der Waals surface area contributed by atoms with E-state index in [1.54, 1.807) is 91.0 Å². The number of nitrogens with zero attached hydrogens (tertiary/aromatic N) is 1. The molecule has 1 unspecified atom stereocenters. The molecule has 1 aliphatic heterocycles. The van der Waals surface area contributed by atoms with Crippen LogP contribution in [0.3, 0.4) is 0 Å². The molecule has 13 heteroatoms. The second-order valence-electron chi connectivity index (χ2n) is 10.9. The number of nitrogens with one attached hydrogen (secondary N) is 3. The van der Waals surface area contributed by atoms with Crippen molar-refractivity contribution in [3.63, 3.8) is 0 Å². The molecule has 256 valence electrons. The molecular weight excluding hydrogens is 660 g/mol. The lowest BCUT2D eigenvalue weighted by Gasteiger charge is -2.16. The Hall–Kier alpha value is -6.08. The normalized spacial score (nSPS) is 14.2. The van der Waals surface area contributed by atoms with Crippen molar-refractivity contribution >= 4 is 64.4 Å². The molecule has 1 fully saturated rings. The topological polar surface area (TPSA) is 152 Å². The molecule has 1 heterocycles. The minimum Gasteiger partial charge on any atom is -0.493 e. The van der Waals surface area contributed by atoms with Gasteiger partial charge in [0, 0.05) is 35.2 Å². The van der Waals surface area contributed by atoms with Gasteiger partial charge in [0.1, 0.15) is 5.70 Å². The number of hydrogen-bond acceptors (Lipinski definition) is 9. The Morgan fingerprint density at radius 2 is 1.40 bits per heavy atom. The summed E-state index contributed by atoms with van der Waals surface area (Å²) >= 11 is 1.24. The van der Waals surface area contributed by atoms with E-state index in [-0.39, 0.29) is 29.8 Å². The Morgan fingerprint density at radius 1 is 0.800 bits per heavy atom. The highest BCUT2D eigenvalue weighted by molar-refractivity contribution is 8.00. The van der Waals surface area contributed by atoms with Crippen molar-refractivity contribution in [2.45, 2.75) is 23.5 Å². The van der Waals surface area contributed by atoms with E-state index in [1.807, 2.05) is 0 Å². The lowest BCUT2D eigenvalue weighted by atomic mass is 10.1. The van der Waals surface area contributed by atoms with Crippen molar-refractivity contribution in [2.24, 2.45) is 0 Å². The fourth-order valence-electron chi connectivity index (χ4n) is 5.14. The van der Waals surface area contributed by atoms with Crippen LogP contribution in [0.1, 0.15) is 29.3 Å². The summed E-state index contributed by atoms with van der Waals surface area (Å²) in [6.07, 6.45) is 1.51. The summed E-state index contributed by atoms with van der Waals surface area (Å²) in [4.78, 5) is 65.9. The van der Waals surface area contributed by atoms with E-state index >= 15 is 0 Å². The van der Waals surface area contributed by atoms with Crippen molar-refractivity contribution in [3.05, 3.63) is 108 Å². The Balaban J connectivity index is 1.31. The van der Waals surface area contributed by atoms with Gasteiger partial charge < -0.3 is 30.2 Å². The zero-order chi connectivity index (χ0) is 35.8. The van der Waals surface area contributed by atoms with Crippen LogP contribution in [-0.4, -0.2) is 56.1 Å². The average Bonchev–Trinajstić information content (AvgIpc) is 3.40. The van der Waals surface area contributed by atoms with Crippen LogP contribution in [0.4, 0.5) is 17.1 Å². The van der Waals surface area contributed by atoms with E-state index < -0.39 is 17.1 Å². The van der Waals surface area contributed by atoms with Crippen LogP contribution < -0.4 is 35.1 Å². The quantitative estimate of drug-likeness (QED) is 0.129. The summed E-state index contributed by atoms with van der Waals surface area (Å²) in [5.74, 6) is -0.877. The third-order valence-corrected chi connectivity index (χ3v) is 8.67. The van der Waals surface area contributed by atoms with Crippen LogP contribution in [0.25, 0.3) is 6.08 Å².